The summed E-state index contributed by atoms with van der Waals surface area (Å²) in [5.41, 5.74) is 4.93. The second-order valence-corrected chi connectivity index (χ2v) is 7.33. The zero-order valence-electron chi connectivity index (χ0n) is 17.7. The Morgan fingerprint density at radius 3 is 2.24 bits per heavy atom. The number of aryl methyl sites for hydroxylation is 1. The van der Waals surface area contributed by atoms with Crippen LogP contribution in [-0.2, 0) is 6.61 Å². The van der Waals surface area contributed by atoms with Crippen LogP contribution in [0.25, 0.3) is 33.8 Å². The van der Waals surface area contributed by atoms with Gasteiger partial charge in [-0.05, 0) is 42.3 Å². The van der Waals surface area contributed by atoms with Gasteiger partial charge in [0.25, 0.3) is 11.8 Å². The van der Waals surface area contributed by atoms with E-state index >= 15 is 0 Å². The van der Waals surface area contributed by atoms with Gasteiger partial charge >= 0.3 is 0 Å². The van der Waals surface area contributed by atoms with Gasteiger partial charge in [-0.1, -0.05) is 59.8 Å². The lowest BCUT2D eigenvalue weighted by Crippen LogP contribution is -1.95. The van der Waals surface area contributed by atoms with Gasteiger partial charge in [0.05, 0.1) is 11.6 Å². The Morgan fingerprint density at radius 2 is 1.55 bits per heavy atom. The fourth-order valence-electron chi connectivity index (χ4n) is 3.46. The number of aromatic nitrogens is 3. The molecule has 0 N–H and O–H groups in total. The molecule has 160 valence electrons. The molecule has 7 heteroatoms. The van der Waals surface area contributed by atoms with Crippen molar-refractivity contribution in [3.63, 3.8) is 0 Å². The molecule has 0 unspecified atom stereocenters. The van der Waals surface area contributed by atoms with E-state index in [0.29, 0.717) is 40.1 Å². The highest BCUT2D eigenvalue weighted by Crippen LogP contribution is 2.33. The summed E-state index contributed by atoms with van der Waals surface area (Å²) < 4.78 is 17.0. The van der Waals surface area contributed by atoms with E-state index in [9.17, 15) is 0 Å². The first-order valence-electron chi connectivity index (χ1n) is 10.3. The van der Waals surface area contributed by atoms with Crippen LogP contribution in [0.5, 0.6) is 5.75 Å². The lowest BCUT2D eigenvalue weighted by molar-refractivity contribution is 0.264. The van der Waals surface area contributed by atoms with E-state index in [1.807, 2.05) is 73.7 Å². The number of benzene rings is 3. The molecule has 0 aliphatic rings. The van der Waals surface area contributed by atoms with Crippen LogP contribution in [0.2, 0.25) is 0 Å². The number of hydrogen-bond acceptors (Lipinski definition) is 7. The van der Waals surface area contributed by atoms with Gasteiger partial charge in [0.2, 0.25) is 0 Å². The smallest absolute Gasteiger partial charge is 0.254 e. The third-order valence-corrected chi connectivity index (χ3v) is 5.15. The molecule has 0 fully saturated rings. The predicted octanol–water partition coefficient (Wildman–Crippen LogP) is 5.82. The summed E-state index contributed by atoms with van der Waals surface area (Å²) in [6.07, 6.45) is 0. The van der Waals surface area contributed by atoms with E-state index < -0.39 is 0 Å². The van der Waals surface area contributed by atoms with Crippen molar-refractivity contribution in [1.82, 2.24) is 15.4 Å². The van der Waals surface area contributed by atoms with E-state index in [4.69, 9.17) is 18.9 Å². The van der Waals surface area contributed by atoms with Crippen molar-refractivity contribution in [2.24, 2.45) is 0 Å². The molecule has 0 amide bonds. The summed E-state index contributed by atoms with van der Waals surface area (Å²) in [7, 11) is 0. The molecule has 5 aromatic rings. The number of nitriles is 1. The molecule has 0 saturated carbocycles. The normalized spacial score (nSPS) is 10.7. The lowest BCUT2D eigenvalue weighted by Gasteiger charge is -2.06. The molecular formula is C26H18N4O3. The van der Waals surface area contributed by atoms with Crippen LogP contribution in [0.15, 0.2) is 87.8 Å². The molecule has 0 saturated heterocycles. The van der Waals surface area contributed by atoms with Gasteiger partial charge < -0.3 is 13.7 Å². The van der Waals surface area contributed by atoms with Gasteiger partial charge in [0.1, 0.15) is 22.8 Å². The largest absolute Gasteiger partial charge is 0.484 e. The molecule has 2 heterocycles. The first-order chi connectivity index (χ1) is 16.2. The molecule has 0 aliphatic carbocycles. The van der Waals surface area contributed by atoms with Gasteiger partial charge in [0.15, 0.2) is 6.61 Å². The van der Waals surface area contributed by atoms with E-state index in [-0.39, 0.29) is 6.61 Å². The quantitative estimate of drug-likeness (QED) is 0.332. The fraction of sp³-hybridized carbons (Fsp3) is 0.0769. The third-order valence-electron chi connectivity index (χ3n) is 5.15. The van der Waals surface area contributed by atoms with Crippen LogP contribution in [0.1, 0.15) is 17.2 Å². The highest BCUT2D eigenvalue weighted by molar-refractivity contribution is 5.77. The topological polar surface area (TPSA) is 98.0 Å². The second-order valence-electron chi connectivity index (χ2n) is 7.33. The Labute approximate surface area is 189 Å². The summed E-state index contributed by atoms with van der Waals surface area (Å²) in [4.78, 5) is 0. The number of hydrogen-bond donors (Lipinski definition) is 0. The Morgan fingerprint density at radius 1 is 0.848 bits per heavy atom. The van der Waals surface area contributed by atoms with E-state index in [1.165, 1.54) is 0 Å². The average molecular weight is 434 g/mol. The molecular weight excluding hydrogens is 416 g/mol. The molecule has 7 nitrogen and oxygen atoms in total. The zero-order valence-corrected chi connectivity index (χ0v) is 17.7. The van der Waals surface area contributed by atoms with Crippen molar-refractivity contribution in [2.75, 3.05) is 0 Å². The molecule has 0 spiro atoms. The van der Waals surface area contributed by atoms with Gasteiger partial charge in [-0.15, -0.1) is 10.2 Å². The number of ether oxygens (including phenoxy) is 1. The maximum atomic E-state index is 8.93. The third kappa shape index (κ3) is 4.23. The van der Waals surface area contributed by atoms with Crippen molar-refractivity contribution in [2.45, 2.75) is 13.5 Å². The first kappa shape index (κ1) is 20.2. The van der Waals surface area contributed by atoms with Gasteiger partial charge in [0, 0.05) is 5.56 Å². The Balaban J connectivity index is 1.29. The maximum Gasteiger partial charge on any atom is 0.254 e. The highest BCUT2D eigenvalue weighted by Gasteiger charge is 2.22. The highest BCUT2D eigenvalue weighted by atomic mass is 16.5. The molecule has 0 atom stereocenters. The fourth-order valence-corrected chi connectivity index (χ4v) is 3.46. The van der Waals surface area contributed by atoms with Gasteiger partial charge in [-0.2, -0.15) is 5.26 Å². The van der Waals surface area contributed by atoms with Crippen molar-refractivity contribution in [3.05, 3.63) is 96.1 Å². The predicted molar refractivity (Wildman–Crippen MR) is 121 cm³/mol. The van der Waals surface area contributed by atoms with Crippen molar-refractivity contribution in [3.8, 4) is 45.7 Å². The monoisotopic (exact) mass is 434 g/mol. The van der Waals surface area contributed by atoms with E-state index in [2.05, 4.69) is 21.4 Å². The van der Waals surface area contributed by atoms with Gasteiger partial charge in [-0.3, -0.25) is 0 Å². The Hall–Kier alpha value is -4.70. The molecule has 0 bridgehead atoms. The second kappa shape index (κ2) is 8.81. The molecule has 0 radical (unpaired) electrons. The maximum absolute atomic E-state index is 8.93. The summed E-state index contributed by atoms with van der Waals surface area (Å²) in [6.45, 7) is 1.94. The van der Waals surface area contributed by atoms with Crippen molar-refractivity contribution >= 4 is 0 Å². The Bertz CT molecular complexity index is 1410. The Kier molecular flexibility index (Phi) is 5.40. The van der Waals surface area contributed by atoms with Crippen molar-refractivity contribution < 1.29 is 13.7 Å². The molecule has 3 aromatic carbocycles. The number of rotatable bonds is 6. The molecule has 0 aliphatic heterocycles. The minimum Gasteiger partial charge on any atom is -0.484 e. The van der Waals surface area contributed by atoms with Gasteiger partial charge in [-0.25, -0.2) is 0 Å². The average Bonchev–Trinajstić information content (AvgIpc) is 3.50. The molecule has 5 rings (SSSR count). The summed E-state index contributed by atoms with van der Waals surface area (Å²) in [5, 5.41) is 21.4. The SMILES string of the molecule is Cc1onc(-c2ccccc2)c1-c1nnc(COc2ccc(-c3ccc(C#N)cc3)cc2)o1. The van der Waals surface area contributed by atoms with E-state index in [1.54, 1.807) is 12.1 Å². The number of nitrogens with zero attached hydrogens (tertiary/aromatic N) is 4. The minimum atomic E-state index is 0.133. The van der Waals surface area contributed by atoms with Crippen LogP contribution in [0.3, 0.4) is 0 Å². The lowest BCUT2D eigenvalue weighted by atomic mass is 10.0. The first-order valence-corrected chi connectivity index (χ1v) is 10.3. The van der Waals surface area contributed by atoms with Crippen LogP contribution in [0, 0.1) is 18.3 Å². The van der Waals surface area contributed by atoms with Crippen LogP contribution < -0.4 is 4.74 Å². The molecule has 33 heavy (non-hydrogen) atoms. The summed E-state index contributed by atoms with van der Waals surface area (Å²) >= 11 is 0. The zero-order chi connectivity index (χ0) is 22.6. The minimum absolute atomic E-state index is 0.133. The standard InChI is InChI=1S/C26H18N4O3/c1-17-24(25(30-33-17)21-5-3-2-4-6-21)26-29-28-23(32-26)16-31-22-13-11-20(12-14-22)19-9-7-18(15-27)8-10-19/h2-14H,16H2,1H3. The van der Waals surface area contributed by atoms with Crippen LogP contribution >= 0.6 is 0 Å². The summed E-state index contributed by atoms with van der Waals surface area (Å²) in [6, 6.07) is 26.9. The van der Waals surface area contributed by atoms with E-state index in [0.717, 1.165) is 16.7 Å². The van der Waals surface area contributed by atoms with Crippen molar-refractivity contribution in [1.29, 1.82) is 5.26 Å². The van der Waals surface area contributed by atoms with Crippen LogP contribution in [0.4, 0.5) is 0 Å². The van der Waals surface area contributed by atoms with Crippen LogP contribution in [-0.4, -0.2) is 15.4 Å². The summed E-state index contributed by atoms with van der Waals surface area (Å²) in [5.74, 6) is 1.96. The molecule has 2 aromatic heterocycles.